The van der Waals surface area contributed by atoms with Crippen LogP contribution in [0.5, 0.6) is 11.5 Å². The lowest BCUT2D eigenvalue weighted by Gasteiger charge is -2.25. The van der Waals surface area contributed by atoms with Crippen molar-refractivity contribution >= 4 is 5.97 Å². The minimum atomic E-state index is -0.946. The van der Waals surface area contributed by atoms with Gasteiger partial charge >= 0.3 is 5.97 Å². The van der Waals surface area contributed by atoms with Crippen LogP contribution < -0.4 is 4.74 Å². The Hall–Kier alpha value is -1.71. The first-order chi connectivity index (χ1) is 8.12. The number of hydrogen-bond donors (Lipinski definition) is 2. The predicted octanol–water partition coefficient (Wildman–Crippen LogP) is 2.30. The summed E-state index contributed by atoms with van der Waals surface area (Å²) in [6.45, 7) is 0. The van der Waals surface area contributed by atoms with Gasteiger partial charge in [-0.2, -0.15) is 0 Å². The van der Waals surface area contributed by atoms with Crippen molar-refractivity contribution in [2.75, 3.05) is 7.11 Å². The van der Waals surface area contributed by atoms with Crippen LogP contribution in [0.25, 0.3) is 0 Å². The van der Waals surface area contributed by atoms with Gasteiger partial charge in [0.1, 0.15) is 0 Å². The molecule has 1 aromatic rings. The molecular formula is C13H16O4. The lowest BCUT2D eigenvalue weighted by Crippen LogP contribution is -2.32. The summed E-state index contributed by atoms with van der Waals surface area (Å²) in [6, 6.07) is 5.03. The van der Waals surface area contributed by atoms with E-state index in [1.165, 1.54) is 7.11 Å². The maximum Gasteiger partial charge on any atom is 0.314 e. The van der Waals surface area contributed by atoms with Gasteiger partial charge in [-0.15, -0.1) is 0 Å². The van der Waals surface area contributed by atoms with Gasteiger partial charge in [-0.1, -0.05) is 25.0 Å². The molecule has 0 aliphatic heterocycles. The third kappa shape index (κ3) is 1.73. The maximum absolute atomic E-state index is 11.5. The monoisotopic (exact) mass is 236 g/mol. The number of phenols is 1. The highest BCUT2D eigenvalue weighted by molar-refractivity contribution is 5.83. The van der Waals surface area contributed by atoms with Crippen molar-refractivity contribution < 1.29 is 19.7 Å². The number of benzene rings is 1. The predicted molar refractivity (Wildman–Crippen MR) is 62.4 cm³/mol. The molecule has 1 aliphatic rings. The molecule has 0 atom stereocenters. The molecule has 17 heavy (non-hydrogen) atoms. The lowest BCUT2D eigenvalue weighted by atomic mass is 9.78. The fourth-order valence-corrected chi connectivity index (χ4v) is 2.65. The van der Waals surface area contributed by atoms with Crippen LogP contribution in [0.4, 0.5) is 0 Å². The topological polar surface area (TPSA) is 66.8 Å². The van der Waals surface area contributed by atoms with Crippen molar-refractivity contribution in [1.29, 1.82) is 0 Å². The average molecular weight is 236 g/mol. The van der Waals surface area contributed by atoms with Gasteiger partial charge in [0.05, 0.1) is 12.5 Å². The molecule has 1 fully saturated rings. The van der Waals surface area contributed by atoms with Crippen LogP contribution in [0.15, 0.2) is 18.2 Å². The zero-order valence-corrected chi connectivity index (χ0v) is 9.77. The number of carboxylic acid groups (broad SMARTS) is 1. The quantitative estimate of drug-likeness (QED) is 0.845. The van der Waals surface area contributed by atoms with Crippen molar-refractivity contribution in [2.45, 2.75) is 31.1 Å². The molecule has 0 heterocycles. The number of ether oxygens (including phenoxy) is 1. The van der Waals surface area contributed by atoms with E-state index in [-0.39, 0.29) is 5.75 Å². The SMILES string of the molecule is COc1cccc(C2(C(=O)O)CCCC2)c1O. The van der Waals surface area contributed by atoms with Crippen LogP contribution >= 0.6 is 0 Å². The summed E-state index contributed by atoms with van der Waals surface area (Å²) in [5, 5.41) is 19.5. The Bertz CT molecular complexity index is 433. The molecule has 0 bridgehead atoms. The van der Waals surface area contributed by atoms with E-state index < -0.39 is 11.4 Å². The van der Waals surface area contributed by atoms with Crippen molar-refractivity contribution in [2.24, 2.45) is 0 Å². The molecule has 92 valence electrons. The van der Waals surface area contributed by atoms with Gasteiger partial charge in [-0.05, 0) is 18.9 Å². The van der Waals surface area contributed by atoms with E-state index >= 15 is 0 Å². The molecule has 0 saturated heterocycles. The van der Waals surface area contributed by atoms with Crippen molar-refractivity contribution in [1.82, 2.24) is 0 Å². The number of rotatable bonds is 3. The van der Waals surface area contributed by atoms with E-state index in [9.17, 15) is 15.0 Å². The van der Waals surface area contributed by atoms with E-state index in [2.05, 4.69) is 0 Å². The zero-order chi connectivity index (χ0) is 12.5. The first-order valence-electron chi connectivity index (χ1n) is 5.71. The molecule has 2 rings (SSSR count). The van der Waals surface area contributed by atoms with Gasteiger partial charge in [0.2, 0.25) is 0 Å². The van der Waals surface area contributed by atoms with E-state index in [1.807, 2.05) is 0 Å². The Morgan fingerprint density at radius 1 is 1.35 bits per heavy atom. The highest BCUT2D eigenvalue weighted by atomic mass is 16.5. The molecule has 0 aromatic heterocycles. The Labute approximate surface area is 99.8 Å². The second-order valence-electron chi connectivity index (χ2n) is 4.45. The molecule has 4 nitrogen and oxygen atoms in total. The third-order valence-corrected chi connectivity index (χ3v) is 3.60. The molecule has 0 radical (unpaired) electrons. The Morgan fingerprint density at radius 2 is 2.00 bits per heavy atom. The van der Waals surface area contributed by atoms with Crippen molar-refractivity contribution in [3.05, 3.63) is 23.8 Å². The fraction of sp³-hybridized carbons (Fsp3) is 0.462. The number of aliphatic carboxylic acids is 1. The second-order valence-corrected chi connectivity index (χ2v) is 4.45. The van der Waals surface area contributed by atoms with Crippen LogP contribution in [0.1, 0.15) is 31.2 Å². The van der Waals surface area contributed by atoms with Crippen molar-refractivity contribution in [3.63, 3.8) is 0 Å². The van der Waals surface area contributed by atoms with Gasteiger partial charge in [0.15, 0.2) is 11.5 Å². The number of carboxylic acids is 1. The first-order valence-corrected chi connectivity index (χ1v) is 5.71. The van der Waals surface area contributed by atoms with Gasteiger partial charge < -0.3 is 14.9 Å². The largest absolute Gasteiger partial charge is 0.504 e. The number of hydrogen-bond acceptors (Lipinski definition) is 3. The molecule has 4 heteroatoms. The standard InChI is InChI=1S/C13H16O4/c1-17-10-6-4-5-9(11(10)14)13(12(15)16)7-2-3-8-13/h4-6,14H,2-3,7-8H2,1H3,(H,15,16). The molecule has 0 spiro atoms. The van der Waals surface area contributed by atoms with Crippen molar-refractivity contribution in [3.8, 4) is 11.5 Å². The molecule has 0 amide bonds. The van der Waals surface area contributed by atoms with Gasteiger partial charge in [0, 0.05) is 5.56 Å². The van der Waals surface area contributed by atoms with Gasteiger partial charge in [-0.25, -0.2) is 0 Å². The normalized spacial score (nSPS) is 17.9. The zero-order valence-electron chi connectivity index (χ0n) is 9.77. The van der Waals surface area contributed by atoms with E-state index in [4.69, 9.17) is 4.74 Å². The highest BCUT2D eigenvalue weighted by Crippen LogP contribution is 2.47. The Kier molecular flexibility index (Phi) is 2.96. The molecule has 1 saturated carbocycles. The maximum atomic E-state index is 11.5. The summed E-state index contributed by atoms with van der Waals surface area (Å²) in [7, 11) is 1.46. The summed E-state index contributed by atoms with van der Waals surface area (Å²) in [5.41, 5.74) is -0.472. The van der Waals surface area contributed by atoms with Gasteiger partial charge in [0.25, 0.3) is 0 Å². The number of aromatic hydroxyl groups is 1. The average Bonchev–Trinajstić information content (AvgIpc) is 2.79. The van der Waals surface area contributed by atoms with Crippen LogP contribution in [-0.4, -0.2) is 23.3 Å². The van der Waals surface area contributed by atoms with Crippen LogP contribution in [0.3, 0.4) is 0 Å². The van der Waals surface area contributed by atoms with Crippen LogP contribution in [0, 0.1) is 0 Å². The van der Waals surface area contributed by atoms with E-state index in [0.29, 0.717) is 24.2 Å². The summed E-state index contributed by atoms with van der Waals surface area (Å²) >= 11 is 0. The second kappa shape index (κ2) is 4.28. The minimum absolute atomic E-state index is 0.0423. The Morgan fingerprint density at radius 3 is 2.53 bits per heavy atom. The number of para-hydroxylation sites is 1. The summed E-state index contributed by atoms with van der Waals surface area (Å²) in [4.78, 5) is 11.5. The molecule has 1 aliphatic carbocycles. The number of methoxy groups -OCH3 is 1. The van der Waals surface area contributed by atoms with E-state index in [0.717, 1.165) is 12.8 Å². The number of carbonyl (C=O) groups is 1. The minimum Gasteiger partial charge on any atom is -0.504 e. The van der Waals surface area contributed by atoms with Crippen LogP contribution in [0.2, 0.25) is 0 Å². The fourth-order valence-electron chi connectivity index (χ4n) is 2.65. The smallest absolute Gasteiger partial charge is 0.314 e. The van der Waals surface area contributed by atoms with Crippen LogP contribution in [-0.2, 0) is 10.2 Å². The third-order valence-electron chi connectivity index (χ3n) is 3.60. The lowest BCUT2D eigenvalue weighted by molar-refractivity contribution is -0.143. The molecule has 1 aromatic carbocycles. The summed E-state index contributed by atoms with van der Waals surface area (Å²) in [5.74, 6) is -0.576. The number of phenolic OH excluding ortho intramolecular Hbond substituents is 1. The highest BCUT2D eigenvalue weighted by Gasteiger charge is 2.45. The summed E-state index contributed by atoms with van der Waals surface area (Å²) in [6.07, 6.45) is 2.90. The van der Waals surface area contributed by atoms with E-state index in [1.54, 1.807) is 18.2 Å². The molecular weight excluding hydrogens is 220 g/mol. The summed E-state index contributed by atoms with van der Waals surface area (Å²) < 4.78 is 5.03. The molecule has 0 unspecified atom stereocenters. The first kappa shape index (κ1) is 11.8. The Balaban J connectivity index is 2.54. The van der Waals surface area contributed by atoms with Gasteiger partial charge in [-0.3, -0.25) is 4.79 Å². The molecule has 2 N–H and O–H groups in total.